The van der Waals surface area contributed by atoms with E-state index in [4.69, 9.17) is 0 Å². The number of aromatic nitrogens is 4. The Balaban J connectivity index is 1.75. The molecule has 4 rings (SSSR count). The number of halogens is 2. The molecule has 2 heterocycles. The first-order chi connectivity index (χ1) is 12.9. The van der Waals surface area contributed by atoms with E-state index in [0.29, 0.717) is 16.8 Å². The Hall–Kier alpha value is -3.33. The summed E-state index contributed by atoms with van der Waals surface area (Å²) in [5, 5.41) is 7.91. The van der Waals surface area contributed by atoms with Gasteiger partial charge in [0, 0.05) is 18.0 Å². The van der Waals surface area contributed by atoms with E-state index >= 15 is 0 Å². The van der Waals surface area contributed by atoms with Crippen molar-refractivity contribution in [3.63, 3.8) is 0 Å². The summed E-state index contributed by atoms with van der Waals surface area (Å²) in [6, 6.07) is 10.6. The zero-order chi connectivity index (χ0) is 19.0. The van der Waals surface area contributed by atoms with Crippen molar-refractivity contribution in [2.45, 2.75) is 4.90 Å². The summed E-state index contributed by atoms with van der Waals surface area (Å²) in [5.41, 5.74) is 1.31. The van der Waals surface area contributed by atoms with Crippen LogP contribution < -0.4 is 0 Å². The van der Waals surface area contributed by atoms with Gasteiger partial charge in [-0.1, -0.05) is 6.07 Å². The molecule has 0 fully saturated rings. The zero-order valence-electron chi connectivity index (χ0n) is 13.7. The average molecular weight is 386 g/mol. The number of nitrogens with zero attached hydrogens (tertiary/aromatic N) is 4. The molecule has 0 unspecified atom stereocenters. The summed E-state index contributed by atoms with van der Waals surface area (Å²) in [4.78, 5) is -0.228. The molecule has 0 aliphatic carbocycles. The molecule has 0 amide bonds. The van der Waals surface area contributed by atoms with Crippen molar-refractivity contribution in [2.24, 2.45) is 0 Å². The van der Waals surface area contributed by atoms with Crippen LogP contribution in [0.5, 0.6) is 0 Å². The van der Waals surface area contributed by atoms with Crippen LogP contribution in [0.25, 0.3) is 16.8 Å². The maximum atomic E-state index is 14.0. The summed E-state index contributed by atoms with van der Waals surface area (Å²) >= 11 is 0. The van der Waals surface area contributed by atoms with E-state index in [0.717, 1.165) is 16.2 Å². The molecule has 2 aromatic heterocycles. The molecule has 27 heavy (non-hydrogen) atoms. The predicted molar refractivity (Wildman–Crippen MR) is 93.7 cm³/mol. The fourth-order valence-electron chi connectivity index (χ4n) is 2.62. The zero-order valence-corrected chi connectivity index (χ0v) is 14.5. The molecule has 0 saturated heterocycles. The van der Waals surface area contributed by atoms with Crippen LogP contribution in [0.3, 0.4) is 0 Å². The topological polar surface area (TPSA) is 69.8 Å². The summed E-state index contributed by atoms with van der Waals surface area (Å²) in [5.74, 6) is -1.17. The summed E-state index contributed by atoms with van der Waals surface area (Å²) < 4.78 is 54.8. The summed E-state index contributed by atoms with van der Waals surface area (Å²) in [6.07, 6.45) is 5.78. The fourth-order valence-corrected chi connectivity index (χ4v) is 3.77. The van der Waals surface area contributed by atoms with Gasteiger partial charge in [-0.25, -0.2) is 13.5 Å². The van der Waals surface area contributed by atoms with E-state index in [1.807, 2.05) is 0 Å². The monoisotopic (exact) mass is 386 g/mol. The van der Waals surface area contributed by atoms with Crippen LogP contribution in [0.1, 0.15) is 0 Å². The third-order valence-corrected chi connectivity index (χ3v) is 5.43. The van der Waals surface area contributed by atoms with Crippen LogP contribution in [0.4, 0.5) is 8.78 Å². The Morgan fingerprint density at radius 2 is 1.74 bits per heavy atom. The van der Waals surface area contributed by atoms with Gasteiger partial charge in [-0.3, -0.25) is 0 Å². The highest BCUT2D eigenvalue weighted by Gasteiger charge is 2.19. The van der Waals surface area contributed by atoms with E-state index in [-0.39, 0.29) is 4.90 Å². The summed E-state index contributed by atoms with van der Waals surface area (Å²) in [7, 11) is -4.06. The van der Waals surface area contributed by atoms with Crippen molar-refractivity contribution in [1.82, 2.24) is 19.0 Å². The van der Waals surface area contributed by atoms with Crippen LogP contribution in [-0.4, -0.2) is 27.4 Å². The Morgan fingerprint density at radius 3 is 2.48 bits per heavy atom. The Morgan fingerprint density at radius 1 is 0.889 bits per heavy atom. The second kappa shape index (κ2) is 6.44. The molecule has 2 aromatic carbocycles. The third kappa shape index (κ3) is 3.24. The lowest BCUT2D eigenvalue weighted by atomic mass is 10.1. The quantitative estimate of drug-likeness (QED) is 0.540. The van der Waals surface area contributed by atoms with Gasteiger partial charge in [-0.15, -0.1) is 0 Å². The van der Waals surface area contributed by atoms with E-state index < -0.39 is 21.7 Å². The molecule has 9 heteroatoms. The second-order valence-corrected chi connectivity index (χ2v) is 7.51. The van der Waals surface area contributed by atoms with Crippen molar-refractivity contribution < 1.29 is 17.2 Å². The molecule has 0 spiro atoms. The van der Waals surface area contributed by atoms with Crippen LogP contribution in [0.15, 0.2) is 78.2 Å². The minimum atomic E-state index is -4.06. The van der Waals surface area contributed by atoms with Crippen LogP contribution in [0.2, 0.25) is 0 Å². The molecule has 6 nitrogen and oxygen atoms in total. The molecule has 0 N–H and O–H groups in total. The maximum absolute atomic E-state index is 14.0. The molecule has 136 valence electrons. The molecule has 0 bridgehead atoms. The number of hydrogen-bond acceptors (Lipinski definition) is 4. The minimum Gasteiger partial charge on any atom is -0.241 e. The first-order valence-electron chi connectivity index (χ1n) is 7.80. The highest BCUT2D eigenvalue weighted by Crippen LogP contribution is 2.25. The lowest BCUT2D eigenvalue weighted by Gasteiger charge is -2.05. The van der Waals surface area contributed by atoms with E-state index in [9.17, 15) is 17.2 Å². The van der Waals surface area contributed by atoms with Crippen molar-refractivity contribution in [3.05, 3.63) is 85.0 Å². The normalized spacial score (nSPS) is 11.6. The maximum Gasteiger partial charge on any atom is 0.283 e. The molecule has 0 aliphatic rings. The van der Waals surface area contributed by atoms with Gasteiger partial charge in [0.2, 0.25) is 0 Å². The van der Waals surface area contributed by atoms with Crippen LogP contribution >= 0.6 is 0 Å². The molecular formula is C18H12F2N4O2S. The minimum absolute atomic E-state index is 0.228. The molecule has 0 atom stereocenters. The SMILES string of the molecule is O=S(=O)(c1cccc(F)c1)n1cc(-c2cc(F)cc(-n3cccn3)c2)cn1. The summed E-state index contributed by atoms with van der Waals surface area (Å²) in [6.45, 7) is 0. The third-order valence-electron chi connectivity index (χ3n) is 3.89. The average Bonchev–Trinajstić information content (AvgIpc) is 3.33. The molecule has 0 radical (unpaired) electrons. The highest BCUT2D eigenvalue weighted by molar-refractivity contribution is 7.89. The van der Waals surface area contributed by atoms with E-state index in [1.54, 1.807) is 24.5 Å². The van der Waals surface area contributed by atoms with Gasteiger partial charge in [0.25, 0.3) is 10.0 Å². The van der Waals surface area contributed by atoms with Crippen LogP contribution in [0, 0.1) is 11.6 Å². The van der Waals surface area contributed by atoms with Gasteiger partial charge >= 0.3 is 0 Å². The van der Waals surface area contributed by atoms with Gasteiger partial charge in [-0.05, 0) is 48.0 Å². The van der Waals surface area contributed by atoms with Gasteiger partial charge in [0.1, 0.15) is 11.6 Å². The van der Waals surface area contributed by atoms with Gasteiger partial charge in [-0.2, -0.15) is 22.7 Å². The van der Waals surface area contributed by atoms with Crippen molar-refractivity contribution >= 4 is 10.0 Å². The number of hydrogen-bond donors (Lipinski definition) is 0. The molecular weight excluding hydrogens is 374 g/mol. The number of benzene rings is 2. The number of rotatable bonds is 4. The van der Waals surface area contributed by atoms with Crippen molar-refractivity contribution in [2.75, 3.05) is 0 Å². The lowest BCUT2D eigenvalue weighted by Crippen LogP contribution is -2.13. The molecule has 0 saturated carbocycles. The van der Waals surface area contributed by atoms with Gasteiger partial charge in [0.05, 0.1) is 23.0 Å². The Bertz CT molecular complexity index is 1220. The fraction of sp³-hybridized carbons (Fsp3) is 0. The largest absolute Gasteiger partial charge is 0.283 e. The second-order valence-electron chi connectivity index (χ2n) is 5.71. The highest BCUT2D eigenvalue weighted by atomic mass is 32.2. The van der Waals surface area contributed by atoms with E-state index in [2.05, 4.69) is 10.2 Å². The van der Waals surface area contributed by atoms with E-state index in [1.165, 1.54) is 41.3 Å². The standard InChI is InChI=1S/C18H12F2N4O2S/c19-15-3-1-4-18(10-15)27(25,26)24-12-14(11-22-24)13-7-16(20)9-17(8-13)23-6-2-5-21-23/h1-12H. The Labute approximate surface area is 153 Å². The molecule has 0 aliphatic heterocycles. The first kappa shape index (κ1) is 17.1. The smallest absolute Gasteiger partial charge is 0.241 e. The van der Waals surface area contributed by atoms with Crippen LogP contribution in [-0.2, 0) is 10.0 Å². The van der Waals surface area contributed by atoms with Crippen molar-refractivity contribution in [3.8, 4) is 16.8 Å². The van der Waals surface area contributed by atoms with Gasteiger partial charge < -0.3 is 0 Å². The Kier molecular flexibility index (Phi) is 4.08. The molecule has 4 aromatic rings. The predicted octanol–water partition coefficient (Wildman–Crippen LogP) is 3.25. The lowest BCUT2D eigenvalue weighted by molar-refractivity contribution is 0.576. The van der Waals surface area contributed by atoms with Crippen molar-refractivity contribution in [1.29, 1.82) is 0 Å². The first-order valence-corrected chi connectivity index (χ1v) is 9.24. The van der Waals surface area contributed by atoms with Gasteiger partial charge in [0.15, 0.2) is 0 Å².